The summed E-state index contributed by atoms with van der Waals surface area (Å²) in [4.78, 5) is 16.4. The lowest BCUT2D eigenvalue weighted by Gasteiger charge is -2.34. The van der Waals surface area contributed by atoms with E-state index in [4.69, 9.17) is 23.8 Å². The molecule has 2 aromatic rings. The van der Waals surface area contributed by atoms with Crippen LogP contribution in [0.4, 0.5) is 10.8 Å². The number of nitrogens with zero attached hydrogens (tertiary/aromatic N) is 4. The Morgan fingerprint density at radius 2 is 1.97 bits per heavy atom. The van der Waals surface area contributed by atoms with Crippen LogP contribution >= 0.6 is 35.2 Å². The molecular formula is C19H27ClN6OS2. The molecule has 0 atom stereocenters. The molecule has 1 aliphatic heterocycles. The number of halogens is 1. The molecule has 0 saturated carbocycles. The number of hydrogen-bond acceptors (Lipinski definition) is 7. The van der Waals surface area contributed by atoms with Gasteiger partial charge in [0.15, 0.2) is 3.95 Å². The first-order valence-electron chi connectivity index (χ1n) is 9.65. The van der Waals surface area contributed by atoms with Crippen LogP contribution in [0.25, 0.3) is 0 Å². The first kappa shape index (κ1) is 22.2. The SMILES string of the molecule is Cc1ccc(Nc2nn(CN3CCN(CC(=O)NC(C)C)CC3)c(=S)s2)cc1Cl. The molecule has 1 aliphatic rings. The number of rotatable bonds is 7. The van der Waals surface area contributed by atoms with Crippen molar-refractivity contribution in [2.45, 2.75) is 33.5 Å². The Kier molecular flexibility index (Phi) is 7.64. The highest BCUT2D eigenvalue weighted by Gasteiger charge is 2.20. The summed E-state index contributed by atoms with van der Waals surface area (Å²) in [6.07, 6.45) is 0. The number of aryl methyl sites for hydroxylation is 1. The van der Waals surface area contributed by atoms with Crippen LogP contribution in [-0.2, 0) is 11.5 Å². The Labute approximate surface area is 185 Å². The molecule has 0 spiro atoms. The van der Waals surface area contributed by atoms with Crippen LogP contribution in [0.1, 0.15) is 19.4 Å². The summed E-state index contributed by atoms with van der Waals surface area (Å²) in [6, 6.07) is 6.02. The van der Waals surface area contributed by atoms with Gasteiger partial charge in [0.2, 0.25) is 11.0 Å². The maximum absolute atomic E-state index is 11.9. The lowest BCUT2D eigenvalue weighted by atomic mass is 10.2. The number of aromatic nitrogens is 2. The number of anilines is 2. The minimum absolute atomic E-state index is 0.0853. The van der Waals surface area contributed by atoms with E-state index in [0.717, 1.165) is 51.5 Å². The first-order valence-corrected chi connectivity index (χ1v) is 11.3. The Hall–Kier alpha value is -1.52. The first-order chi connectivity index (χ1) is 13.8. The lowest BCUT2D eigenvalue weighted by Crippen LogP contribution is -2.50. The zero-order valence-corrected chi connectivity index (χ0v) is 19.3. The van der Waals surface area contributed by atoms with E-state index >= 15 is 0 Å². The van der Waals surface area contributed by atoms with Gasteiger partial charge in [-0.1, -0.05) is 29.0 Å². The van der Waals surface area contributed by atoms with E-state index in [1.807, 2.05) is 43.7 Å². The van der Waals surface area contributed by atoms with Gasteiger partial charge < -0.3 is 10.6 Å². The summed E-state index contributed by atoms with van der Waals surface area (Å²) in [5.74, 6) is 0.0853. The van der Waals surface area contributed by atoms with Crippen LogP contribution in [0.2, 0.25) is 5.02 Å². The van der Waals surface area contributed by atoms with E-state index in [0.29, 0.717) is 13.2 Å². The molecule has 1 amide bonds. The van der Waals surface area contributed by atoms with Gasteiger partial charge >= 0.3 is 0 Å². The summed E-state index contributed by atoms with van der Waals surface area (Å²) in [5.41, 5.74) is 1.93. The van der Waals surface area contributed by atoms with Gasteiger partial charge in [0.25, 0.3) is 0 Å². The third kappa shape index (κ3) is 6.48. The zero-order chi connectivity index (χ0) is 21.0. The number of benzene rings is 1. The van der Waals surface area contributed by atoms with Crippen molar-refractivity contribution in [1.82, 2.24) is 24.9 Å². The van der Waals surface area contributed by atoms with Crippen molar-refractivity contribution in [3.63, 3.8) is 0 Å². The predicted octanol–water partition coefficient (Wildman–Crippen LogP) is 3.48. The second-order valence-electron chi connectivity index (χ2n) is 7.52. The summed E-state index contributed by atoms with van der Waals surface area (Å²) >= 11 is 13.1. The van der Waals surface area contributed by atoms with Gasteiger partial charge in [-0.3, -0.25) is 14.6 Å². The molecule has 3 rings (SSSR count). The van der Waals surface area contributed by atoms with Crippen molar-refractivity contribution >= 4 is 51.9 Å². The van der Waals surface area contributed by atoms with Crippen molar-refractivity contribution in [3.8, 4) is 0 Å². The standard InChI is InChI=1S/C19H27ClN6OS2/c1-13(2)21-17(27)11-24-6-8-25(9-7-24)12-26-19(28)29-18(23-26)22-15-5-4-14(3)16(20)10-15/h4-5,10,13H,6-9,11-12H2,1-3H3,(H,21,27)(H,22,23). The number of nitrogens with one attached hydrogen (secondary N) is 2. The van der Waals surface area contributed by atoms with Crippen molar-refractivity contribution in [1.29, 1.82) is 0 Å². The zero-order valence-electron chi connectivity index (χ0n) is 16.9. The molecule has 0 unspecified atom stereocenters. The largest absolute Gasteiger partial charge is 0.353 e. The summed E-state index contributed by atoms with van der Waals surface area (Å²) < 4.78 is 2.57. The average Bonchev–Trinajstić information content (AvgIpc) is 2.98. The van der Waals surface area contributed by atoms with Crippen molar-refractivity contribution in [3.05, 3.63) is 32.7 Å². The van der Waals surface area contributed by atoms with Crippen LogP contribution in [-0.4, -0.2) is 64.3 Å². The maximum atomic E-state index is 11.9. The van der Waals surface area contributed by atoms with Crippen molar-refractivity contribution in [2.75, 3.05) is 38.0 Å². The number of amides is 1. The minimum atomic E-state index is 0.0853. The average molecular weight is 455 g/mol. The Bertz CT molecular complexity index is 904. The maximum Gasteiger partial charge on any atom is 0.234 e. The van der Waals surface area contributed by atoms with E-state index < -0.39 is 0 Å². The second kappa shape index (κ2) is 9.99. The third-order valence-electron chi connectivity index (χ3n) is 4.65. The monoisotopic (exact) mass is 454 g/mol. The number of hydrogen-bond donors (Lipinski definition) is 2. The topological polar surface area (TPSA) is 65.4 Å². The van der Waals surface area contributed by atoms with Crippen LogP contribution in [0.15, 0.2) is 18.2 Å². The van der Waals surface area contributed by atoms with Crippen molar-refractivity contribution < 1.29 is 4.79 Å². The van der Waals surface area contributed by atoms with Crippen LogP contribution in [0, 0.1) is 10.9 Å². The molecule has 1 aromatic carbocycles. The van der Waals surface area contributed by atoms with Crippen LogP contribution in [0.3, 0.4) is 0 Å². The molecule has 0 aliphatic carbocycles. The van der Waals surface area contributed by atoms with Gasteiger partial charge in [0, 0.05) is 42.9 Å². The smallest absolute Gasteiger partial charge is 0.234 e. The van der Waals surface area contributed by atoms with Crippen LogP contribution in [0.5, 0.6) is 0 Å². The van der Waals surface area contributed by atoms with E-state index in [1.165, 1.54) is 11.3 Å². The van der Waals surface area contributed by atoms with Crippen LogP contribution < -0.4 is 10.6 Å². The highest BCUT2D eigenvalue weighted by molar-refractivity contribution is 7.73. The van der Waals surface area contributed by atoms with Gasteiger partial charge in [0.05, 0.1) is 13.2 Å². The summed E-state index contributed by atoms with van der Waals surface area (Å²) in [6.45, 7) is 10.5. The molecule has 0 radical (unpaired) electrons. The fraction of sp³-hybridized carbons (Fsp3) is 0.526. The van der Waals surface area contributed by atoms with E-state index in [1.54, 1.807) is 0 Å². The summed E-state index contributed by atoms with van der Waals surface area (Å²) in [5, 5.41) is 12.3. The highest BCUT2D eigenvalue weighted by Crippen LogP contribution is 2.25. The van der Waals surface area contributed by atoms with Gasteiger partial charge in [-0.15, -0.1) is 5.10 Å². The highest BCUT2D eigenvalue weighted by atomic mass is 35.5. The quantitative estimate of drug-likeness (QED) is 0.624. The van der Waals surface area contributed by atoms with Crippen molar-refractivity contribution in [2.24, 2.45) is 0 Å². The van der Waals surface area contributed by atoms with E-state index in [9.17, 15) is 4.79 Å². The Balaban J connectivity index is 1.52. The fourth-order valence-electron chi connectivity index (χ4n) is 3.09. The molecule has 2 heterocycles. The van der Waals surface area contributed by atoms with Gasteiger partial charge in [-0.25, -0.2) is 4.68 Å². The van der Waals surface area contributed by atoms with E-state index in [-0.39, 0.29) is 11.9 Å². The molecule has 158 valence electrons. The van der Waals surface area contributed by atoms with Gasteiger partial charge in [-0.05, 0) is 50.7 Å². The molecular weight excluding hydrogens is 428 g/mol. The second-order valence-corrected chi connectivity index (χ2v) is 9.55. The molecule has 7 nitrogen and oxygen atoms in total. The van der Waals surface area contributed by atoms with Gasteiger partial charge in [-0.2, -0.15) is 0 Å². The summed E-state index contributed by atoms with van der Waals surface area (Å²) in [7, 11) is 0. The normalized spacial score (nSPS) is 15.6. The molecule has 10 heteroatoms. The Morgan fingerprint density at radius 1 is 1.28 bits per heavy atom. The minimum Gasteiger partial charge on any atom is -0.353 e. The number of carbonyl (C=O) groups excluding carboxylic acids is 1. The lowest BCUT2D eigenvalue weighted by molar-refractivity contribution is -0.123. The van der Waals surface area contributed by atoms with E-state index in [2.05, 4.69) is 25.5 Å². The predicted molar refractivity (Wildman–Crippen MR) is 122 cm³/mol. The molecule has 2 N–H and O–H groups in total. The Morgan fingerprint density at radius 3 is 2.62 bits per heavy atom. The fourth-order valence-corrected chi connectivity index (χ4v) is 4.28. The molecule has 1 saturated heterocycles. The number of piperazine rings is 1. The molecule has 29 heavy (non-hydrogen) atoms. The molecule has 1 fully saturated rings. The van der Waals surface area contributed by atoms with Gasteiger partial charge in [0.1, 0.15) is 0 Å². The molecule has 1 aromatic heterocycles. The number of carbonyl (C=O) groups is 1. The molecule has 0 bridgehead atoms. The third-order valence-corrected chi connectivity index (χ3v) is 6.28.